The van der Waals surface area contributed by atoms with E-state index < -0.39 is 0 Å². The van der Waals surface area contributed by atoms with E-state index in [0.29, 0.717) is 11.8 Å². The molecule has 1 aliphatic rings. The second-order valence-corrected chi connectivity index (χ2v) is 5.22. The maximum Gasteiger partial charge on any atom is 0.225 e. The van der Waals surface area contributed by atoms with E-state index in [0.717, 1.165) is 18.4 Å². The van der Waals surface area contributed by atoms with Gasteiger partial charge in [-0.3, -0.25) is 4.79 Å². The fraction of sp³-hybridized carbons (Fsp3) is 0.909. The van der Waals surface area contributed by atoms with Crippen LogP contribution >= 0.6 is 15.9 Å². The van der Waals surface area contributed by atoms with Crippen LogP contribution in [0.1, 0.15) is 33.1 Å². The first-order valence-corrected chi connectivity index (χ1v) is 6.62. The summed E-state index contributed by atoms with van der Waals surface area (Å²) in [4.78, 5) is 13.8. The monoisotopic (exact) mass is 261 g/mol. The van der Waals surface area contributed by atoms with Crippen molar-refractivity contribution in [3.05, 3.63) is 0 Å². The van der Waals surface area contributed by atoms with Crippen LogP contribution < -0.4 is 0 Å². The second kappa shape index (κ2) is 5.74. The largest absolute Gasteiger partial charge is 0.342 e. The Kier molecular flexibility index (Phi) is 4.93. The van der Waals surface area contributed by atoms with Crippen LogP contribution in [-0.2, 0) is 4.79 Å². The summed E-state index contributed by atoms with van der Waals surface area (Å²) in [6.07, 6.45) is 3.66. The van der Waals surface area contributed by atoms with Crippen molar-refractivity contribution in [3.8, 4) is 0 Å². The summed E-state index contributed by atoms with van der Waals surface area (Å²) in [6.45, 7) is 5.91. The van der Waals surface area contributed by atoms with Gasteiger partial charge in [-0.15, -0.1) is 0 Å². The molecular weight excluding hydrogens is 242 g/mol. The Balaban J connectivity index is 2.43. The number of likely N-dealkylation sites (tertiary alicyclic amines) is 1. The Labute approximate surface area is 95.2 Å². The van der Waals surface area contributed by atoms with Crippen molar-refractivity contribution in [1.29, 1.82) is 0 Å². The zero-order valence-corrected chi connectivity index (χ0v) is 10.7. The van der Waals surface area contributed by atoms with Gasteiger partial charge in [0, 0.05) is 24.3 Å². The lowest BCUT2D eigenvalue weighted by Crippen LogP contribution is -2.42. The minimum absolute atomic E-state index is 0.151. The standard InChI is InChI=1S/C11H20BrNO/c1-9(2)11(14)13-7-3-4-10(8-13)5-6-12/h9-10H,3-8H2,1-2H3. The van der Waals surface area contributed by atoms with Gasteiger partial charge in [0.15, 0.2) is 0 Å². The van der Waals surface area contributed by atoms with Gasteiger partial charge < -0.3 is 4.90 Å². The van der Waals surface area contributed by atoms with Crippen LogP contribution in [0, 0.1) is 11.8 Å². The third-order valence-electron chi connectivity index (χ3n) is 2.84. The molecule has 0 aromatic rings. The van der Waals surface area contributed by atoms with E-state index in [1.165, 1.54) is 19.3 Å². The fourth-order valence-electron chi connectivity index (χ4n) is 2.02. The smallest absolute Gasteiger partial charge is 0.225 e. The lowest BCUT2D eigenvalue weighted by Gasteiger charge is -2.33. The zero-order valence-electron chi connectivity index (χ0n) is 9.13. The Morgan fingerprint density at radius 2 is 2.29 bits per heavy atom. The van der Waals surface area contributed by atoms with Gasteiger partial charge in [0.25, 0.3) is 0 Å². The lowest BCUT2D eigenvalue weighted by molar-refractivity contribution is -0.136. The van der Waals surface area contributed by atoms with Crippen LogP contribution in [0.4, 0.5) is 0 Å². The first-order valence-electron chi connectivity index (χ1n) is 5.50. The highest BCUT2D eigenvalue weighted by molar-refractivity contribution is 9.09. The van der Waals surface area contributed by atoms with Crippen LogP contribution in [0.25, 0.3) is 0 Å². The van der Waals surface area contributed by atoms with E-state index in [9.17, 15) is 4.79 Å². The normalized spacial score (nSPS) is 22.9. The lowest BCUT2D eigenvalue weighted by atomic mass is 9.95. The number of alkyl halides is 1. The maximum atomic E-state index is 11.8. The number of hydrogen-bond acceptors (Lipinski definition) is 1. The molecule has 1 unspecified atom stereocenters. The summed E-state index contributed by atoms with van der Waals surface area (Å²) in [5.74, 6) is 1.19. The van der Waals surface area contributed by atoms with Crippen LogP contribution in [0.5, 0.6) is 0 Å². The molecule has 1 fully saturated rings. The molecule has 0 saturated carbocycles. The second-order valence-electron chi connectivity index (χ2n) is 4.42. The molecule has 3 heteroatoms. The molecule has 0 spiro atoms. The minimum atomic E-state index is 0.151. The molecule has 1 heterocycles. The maximum absolute atomic E-state index is 11.8. The molecule has 1 amide bonds. The van der Waals surface area contributed by atoms with Crippen LogP contribution in [0.15, 0.2) is 0 Å². The van der Waals surface area contributed by atoms with Crippen LogP contribution in [-0.4, -0.2) is 29.2 Å². The van der Waals surface area contributed by atoms with Crippen molar-refractivity contribution < 1.29 is 4.79 Å². The van der Waals surface area contributed by atoms with Crippen molar-refractivity contribution in [2.24, 2.45) is 11.8 Å². The molecule has 0 aromatic carbocycles. The Hall–Kier alpha value is -0.0500. The summed E-state index contributed by atoms with van der Waals surface area (Å²) in [6, 6.07) is 0. The van der Waals surface area contributed by atoms with Gasteiger partial charge >= 0.3 is 0 Å². The highest BCUT2D eigenvalue weighted by Crippen LogP contribution is 2.21. The van der Waals surface area contributed by atoms with Crippen molar-refractivity contribution in [2.45, 2.75) is 33.1 Å². The van der Waals surface area contributed by atoms with Crippen molar-refractivity contribution in [3.63, 3.8) is 0 Å². The number of carbonyl (C=O) groups is 1. The number of nitrogens with zero attached hydrogens (tertiary/aromatic N) is 1. The number of halogens is 1. The molecule has 2 nitrogen and oxygen atoms in total. The molecule has 0 N–H and O–H groups in total. The summed E-state index contributed by atoms with van der Waals surface area (Å²) in [5.41, 5.74) is 0. The van der Waals surface area contributed by atoms with Crippen molar-refractivity contribution >= 4 is 21.8 Å². The van der Waals surface area contributed by atoms with Gasteiger partial charge in [-0.25, -0.2) is 0 Å². The third-order valence-corrected chi connectivity index (χ3v) is 3.30. The van der Waals surface area contributed by atoms with E-state index in [1.54, 1.807) is 0 Å². The van der Waals surface area contributed by atoms with Gasteiger partial charge in [-0.05, 0) is 25.2 Å². The van der Waals surface area contributed by atoms with E-state index in [1.807, 2.05) is 18.7 Å². The van der Waals surface area contributed by atoms with Crippen LogP contribution in [0.3, 0.4) is 0 Å². The summed E-state index contributed by atoms with van der Waals surface area (Å²) < 4.78 is 0. The first kappa shape index (κ1) is 12.0. The molecule has 0 radical (unpaired) electrons. The molecule has 1 atom stereocenters. The number of carbonyl (C=O) groups excluding carboxylic acids is 1. The van der Waals surface area contributed by atoms with Gasteiger partial charge in [-0.1, -0.05) is 29.8 Å². The van der Waals surface area contributed by atoms with E-state index >= 15 is 0 Å². The molecule has 0 aromatic heterocycles. The average molecular weight is 262 g/mol. The Bertz CT molecular complexity index is 192. The van der Waals surface area contributed by atoms with Gasteiger partial charge in [0.1, 0.15) is 0 Å². The SMILES string of the molecule is CC(C)C(=O)N1CCCC(CCBr)C1. The average Bonchev–Trinajstić information content (AvgIpc) is 2.17. The van der Waals surface area contributed by atoms with Crippen molar-refractivity contribution in [2.75, 3.05) is 18.4 Å². The molecule has 14 heavy (non-hydrogen) atoms. The third kappa shape index (κ3) is 3.26. The predicted molar refractivity (Wildman–Crippen MR) is 62.6 cm³/mol. The van der Waals surface area contributed by atoms with E-state index in [4.69, 9.17) is 0 Å². The van der Waals surface area contributed by atoms with Gasteiger partial charge in [0.05, 0.1) is 0 Å². The predicted octanol–water partition coefficient (Wildman–Crippen LogP) is 2.67. The molecular formula is C11H20BrNO. The molecule has 0 bridgehead atoms. The van der Waals surface area contributed by atoms with Gasteiger partial charge in [-0.2, -0.15) is 0 Å². The van der Waals surface area contributed by atoms with Gasteiger partial charge in [0.2, 0.25) is 5.91 Å². The first-order chi connectivity index (χ1) is 6.65. The molecule has 1 rings (SSSR count). The number of amides is 1. The molecule has 1 aliphatic heterocycles. The number of hydrogen-bond donors (Lipinski definition) is 0. The minimum Gasteiger partial charge on any atom is -0.342 e. The zero-order chi connectivity index (χ0) is 10.6. The number of piperidine rings is 1. The highest BCUT2D eigenvalue weighted by atomic mass is 79.9. The van der Waals surface area contributed by atoms with Crippen molar-refractivity contribution in [1.82, 2.24) is 4.90 Å². The highest BCUT2D eigenvalue weighted by Gasteiger charge is 2.24. The summed E-state index contributed by atoms with van der Waals surface area (Å²) >= 11 is 3.47. The Morgan fingerprint density at radius 3 is 2.86 bits per heavy atom. The molecule has 1 saturated heterocycles. The van der Waals surface area contributed by atoms with E-state index in [-0.39, 0.29) is 5.92 Å². The molecule has 82 valence electrons. The molecule has 0 aliphatic carbocycles. The van der Waals surface area contributed by atoms with Crippen LogP contribution in [0.2, 0.25) is 0 Å². The topological polar surface area (TPSA) is 20.3 Å². The number of rotatable bonds is 3. The quantitative estimate of drug-likeness (QED) is 0.716. The fourth-order valence-corrected chi connectivity index (χ4v) is 2.67. The summed E-state index contributed by atoms with van der Waals surface area (Å²) in [5, 5.41) is 1.06. The van der Waals surface area contributed by atoms with E-state index in [2.05, 4.69) is 15.9 Å². The Morgan fingerprint density at radius 1 is 1.57 bits per heavy atom. The summed E-state index contributed by atoms with van der Waals surface area (Å²) in [7, 11) is 0.